The first kappa shape index (κ1) is 13.5. The number of benzene rings is 1. The first-order valence-electron chi connectivity index (χ1n) is 6.36. The number of carboxylic acid groups (broad SMARTS) is 1. The molecule has 21 heavy (non-hydrogen) atoms. The maximum atomic E-state index is 11.1. The van der Waals surface area contributed by atoms with Crippen molar-refractivity contribution < 1.29 is 9.90 Å². The monoisotopic (exact) mass is 298 g/mol. The topological polar surface area (TPSA) is 63.1 Å². The molecule has 0 spiro atoms. The smallest absolute Gasteiger partial charge is 0.307 e. The Bertz CT molecular complexity index is 819. The molecule has 5 heteroatoms. The van der Waals surface area contributed by atoms with Crippen LogP contribution in [0.5, 0.6) is 0 Å². The average Bonchev–Trinajstić information content (AvgIpc) is 2.47. The van der Waals surface area contributed by atoms with Crippen LogP contribution in [0, 0.1) is 0 Å². The van der Waals surface area contributed by atoms with Crippen LogP contribution in [0.25, 0.3) is 22.3 Å². The molecule has 0 radical (unpaired) electrons. The molecule has 0 aliphatic rings. The summed E-state index contributed by atoms with van der Waals surface area (Å²) in [5, 5.41) is 10.4. The van der Waals surface area contributed by atoms with Crippen molar-refractivity contribution in [3.05, 3.63) is 59.2 Å². The molecule has 0 saturated carbocycles. The zero-order chi connectivity index (χ0) is 14.8. The van der Waals surface area contributed by atoms with Gasteiger partial charge >= 0.3 is 5.97 Å². The van der Waals surface area contributed by atoms with Gasteiger partial charge in [-0.25, -0.2) is 4.98 Å². The Balaban J connectivity index is 2.25. The first-order valence-corrected chi connectivity index (χ1v) is 6.73. The van der Waals surface area contributed by atoms with E-state index in [1.165, 1.54) is 0 Å². The molecular formula is C16H11ClN2O2. The molecule has 0 saturated heterocycles. The number of nitrogens with zero attached hydrogens (tertiary/aromatic N) is 2. The number of hydrogen-bond acceptors (Lipinski definition) is 3. The van der Waals surface area contributed by atoms with Gasteiger partial charge < -0.3 is 5.11 Å². The van der Waals surface area contributed by atoms with Crippen molar-refractivity contribution in [2.45, 2.75) is 6.42 Å². The molecule has 3 rings (SSSR count). The fraction of sp³-hybridized carbons (Fsp3) is 0.0625. The van der Waals surface area contributed by atoms with Gasteiger partial charge in [0.2, 0.25) is 0 Å². The average molecular weight is 299 g/mol. The summed E-state index contributed by atoms with van der Waals surface area (Å²) in [5.74, 6) is -0.885. The van der Waals surface area contributed by atoms with E-state index in [2.05, 4.69) is 9.97 Å². The highest BCUT2D eigenvalue weighted by Gasteiger charge is 2.11. The van der Waals surface area contributed by atoms with Crippen LogP contribution >= 0.6 is 11.6 Å². The second-order valence-electron chi connectivity index (χ2n) is 4.61. The molecule has 3 aromatic rings. The van der Waals surface area contributed by atoms with Gasteiger partial charge in [-0.05, 0) is 35.9 Å². The molecule has 2 heterocycles. The highest BCUT2D eigenvalue weighted by atomic mass is 35.5. The lowest BCUT2D eigenvalue weighted by Crippen LogP contribution is -2.02. The number of hydrogen-bond donors (Lipinski definition) is 1. The summed E-state index contributed by atoms with van der Waals surface area (Å²) in [6.07, 6.45) is 1.61. The van der Waals surface area contributed by atoms with Crippen molar-refractivity contribution in [1.82, 2.24) is 9.97 Å². The van der Waals surface area contributed by atoms with E-state index in [0.29, 0.717) is 27.5 Å². The molecule has 4 nitrogen and oxygen atoms in total. The van der Waals surface area contributed by atoms with Gasteiger partial charge in [0.15, 0.2) is 0 Å². The van der Waals surface area contributed by atoms with E-state index in [-0.39, 0.29) is 6.42 Å². The highest BCUT2D eigenvalue weighted by molar-refractivity contribution is 6.31. The number of fused-ring (bicyclic) bond motifs is 1. The molecule has 1 aromatic carbocycles. The number of aromatic nitrogens is 2. The summed E-state index contributed by atoms with van der Waals surface area (Å²) in [7, 11) is 0. The van der Waals surface area contributed by atoms with Gasteiger partial charge in [-0.1, -0.05) is 23.7 Å². The van der Waals surface area contributed by atoms with E-state index in [4.69, 9.17) is 16.7 Å². The minimum Gasteiger partial charge on any atom is -0.481 e. The quantitative estimate of drug-likeness (QED) is 0.803. The zero-order valence-electron chi connectivity index (χ0n) is 11.0. The van der Waals surface area contributed by atoms with Crippen LogP contribution in [0.15, 0.2) is 48.7 Å². The summed E-state index contributed by atoms with van der Waals surface area (Å²) < 4.78 is 0. The van der Waals surface area contributed by atoms with Gasteiger partial charge in [0.1, 0.15) is 0 Å². The van der Waals surface area contributed by atoms with E-state index in [9.17, 15) is 4.79 Å². The normalized spacial score (nSPS) is 10.7. The minimum absolute atomic E-state index is 0.0690. The van der Waals surface area contributed by atoms with Crippen LogP contribution in [-0.2, 0) is 11.2 Å². The second kappa shape index (κ2) is 5.50. The number of rotatable bonds is 3. The number of carbonyl (C=O) groups is 1. The largest absolute Gasteiger partial charge is 0.481 e. The molecule has 0 bridgehead atoms. The third kappa shape index (κ3) is 2.85. The lowest BCUT2D eigenvalue weighted by atomic mass is 10.0. The van der Waals surface area contributed by atoms with Gasteiger partial charge in [0.05, 0.1) is 23.3 Å². The number of aliphatic carboxylic acids is 1. The fourth-order valence-corrected chi connectivity index (χ4v) is 2.39. The Morgan fingerprint density at radius 1 is 1.14 bits per heavy atom. The van der Waals surface area contributed by atoms with Crippen molar-refractivity contribution >= 4 is 28.5 Å². The molecule has 2 aromatic heterocycles. The van der Waals surface area contributed by atoms with Gasteiger partial charge in [-0.15, -0.1) is 0 Å². The Kier molecular flexibility index (Phi) is 3.54. The summed E-state index contributed by atoms with van der Waals surface area (Å²) in [5.41, 5.74) is 2.71. The fourth-order valence-electron chi connectivity index (χ4n) is 2.23. The van der Waals surface area contributed by atoms with Crippen LogP contribution in [-0.4, -0.2) is 21.0 Å². The van der Waals surface area contributed by atoms with Crippen LogP contribution in [0.3, 0.4) is 0 Å². The molecule has 104 valence electrons. The van der Waals surface area contributed by atoms with Gasteiger partial charge in [-0.3, -0.25) is 9.78 Å². The van der Waals surface area contributed by atoms with Crippen molar-refractivity contribution in [1.29, 1.82) is 0 Å². The molecule has 0 aliphatic heterocycles. The molecule has 1 N–H and O–H groups in total. The molecule has 0 amide bonds. The molecule has 0 fully saturated rings. The number of halogens is 1. The van der Waals surface area contributed by atoms with E-state index in [1.54, 1.807) is 30.5 Å². The summed E-state index contributed by atoms with van der Waals surface area (Å²) >= 11 is 6.00. The van der Waals surface area contributed by atoms with E-state index in [1.807, 2.05) is 18.2 Å². The van der Waals surface area contributed by atoms with Crippen LogP contribution < -0.4 is 0 Å². The predicted molar refractivity (Wildman–Crippen MR) is 81.3 cm³/mol. The molecular weight excluding hydrogens is 288 g/mol. The second-order valence-corrected chi connectivity index (χ2v) is 5.05. The minimum atomic E-state index is -0.885. The molecule has 0 aliphatic carbocycles. The first-order chi connectivity index (χ1) is 10.1. The Morgan fingerprint density at radius 2 is 2.00 bits per heavy atom. The van der Waals surface area contributed by atoms with Crippen molar-refractivity contribution in [3.8, 4) is 11.4 Å². The summed E-state index contributed by atoms with van der Waals surface area (Å²) in [4.78, 5) is 19.9. The van der Waals surface area contributed by atoms with Gasteiger partial charge in [0, 0.05) is 16.6 Å². The van der Waals surface area contributed by atoms with Crippen molar-refractivity contribution in [2.24, 2.45) is 0 Å². The lowest BCUT2D eigenvalue weighted by molar-refractivity contribution is -0.136. The highest BCUT2D eigenvalue weighted by Crippen LogP contribution is 2.26. The summed E-state index contributed by atoms with van der Waals surface area (Å²) in [6, 6.07) is 12.6. The maximum Gasteiger partial charge on any atom is 0.307 e. The molecule has 0 unspecified atom stereocenters. The van der Waals surface area contributed by atoms with Crippen LogP contribution in [0.2, 0.25) is 5.02 Å². The van der Waals surface area contributed by atoms with Crippen LogP contribution in [0.1, 0.15) is 5.56 Å². The van der Waals surface area contributed by atoms with E-state index >= 15 is 0 Å². The van der Waals surface area contributed by atoms with Gasteiger partial charge in [-0.2, -0.15) is 0 Å². The Morgan fingerprint density at radius 3 is 2.71 bits per heavy atom. The predicted octanol–water partition coefficient (Wildman–Crippen LogP) is 3.58. The third-order valence-electron chi connectivity index (χ3n) is 3.13. The standard InChI is InChI=1S/C16H11ClN2O2/c17-11-4-5-12-10(8-16(20)21)7-15(19-14(12)9-11)13-3-1-2-6-18-13/h1-7,9H,8H2,(H,20,21). The Labute approximate surface area is 126 Å². The number of carboxylic acids is 1. The maximum absolute atomic E-state index is 11.1. The van der Waals surface area contributed by atoms with E-state index in [0.717, 1.165) is 5.39 Å². The van der Waals surface area contributed by atoms with Crippen molar-refractivity contribution in [3.63, 3.8) is 0 Å². The van der Waals surface area contributed by atoms with E-state index < -0.39 is 5.97 Å². The van der Waals surface area contributed by atoms with Crippen LogP contribution in [0.4, 0.5) is 0 Å². The summed E-state index contributed by atoms with van der Waals surface area (Å²) in [6.45, 7) is 0. The molecule has 0 atom stereocenters. The third-order valence-corrected chi connectivity index (χ3v) is 3.36. The Hall–Kier alpha value is -2.46. The van der Waals surface area contributed by atoms with Gasteiger partial charge in [0.25, 0.3) is 0 Å². The SMILES string of the molecule is O=C(O)Cc1cc(-c2ccccn2)nc2cc(Cl)ccc12. The van der Waals surface area contributed by atoms with Crippen molar-refractivity contribution in [2.75, 3.05) is 0 Å². The lowest BCUT2D eigenvalue weighted by Gasteiger charge is -2.08. The zero-order valence-corrected chi connectivity index (χ0v) is 11.7. The number of pyridine rings is 2.